The molecule has 1 atom stereocenters. The molecule has 2 N–H and O–H groups in total. The molecular weight excluding hydrogens is 306 g/mol. The van der Waals surface area contributed by atoms with Gasteiger partial charge in [-0.25, -0.2) is 4.79 Å². The zero-order chi connectivity index (χ0) is 17.5. The summed E-state index contributed by atoms with van der Waals surface area (Å²) in [5, 5.41) is 11.9. The van der Waals surface area contributed by atoms with Crippen molar-refractivity contribution in [1.82, 2.24) is 5.32 Å². The van der Waals surface area contributed by atoms with Crippen molar-refractivity contribution in [2.75, 3.05) is 13.2 Å². The van der Waals surface area contributed by atoms with Crippen molar-refractivity contribution in [3.8, 4) is 11.1 Å². The van der Waals surface area contributed by atoms with Gasteiger partial charge in [-0.3, -0.25) is 4.79 Å². The molecule has 126 valence electrons. The Morgan fingerprint density at radius 1 is 1.12 bits per heavy atom. The van der Waals surface area contributed by atoms with Gasteiger partial charge in [-0.15, -0.1) is 0 Å². The summed E-state index contributed by atoms with van der Waals surface area (Å²) in [6.07, 6.45) is 0. The lowest BCUT2D eigenvalue weighted by Gasteiger charge is -2.17. The quantitative estimate of drug-likeness (QED) is 0.799. The van der Waals surface area contributed by atoms with Crippen LogP contribution in [0.2, 0.25) is 0 Å². The van der Waals surface area contributed by atoms with E-state index >= 15 is 0 Å². The van der Waals surface area contributed by atoms with Crippen LogP contribution in [-0.4, -0.2) is 36.2 Å². The van der Waals surface area contributed by atoms with Crippen LogP contribution in [-0.2, 0) is 9.53 Å². The van der Waals surface area contributed by atoms with E-state index in [1.54, 1.807) is 19.1 Å². The topological polar surface area (TPSA) is 75.6 Å². The minimum atomic E-state index is -1.08. The van der Waals surface area contributed by atoms with E-state index in [2.05, 4.69) is 5.32 Å². The third-order valence-corrected chi connectivity index (χ3v) is 3.64. The number of ether oxygens (including phenoxy) is 1. The van der Waals surface area contributed by atoms with Crippen molar-refractivity contribution in [3.63, 3.8) is 0 Å². The van der Waals surface area contributed by atoms with Crippen molar-refractivity contribution >= 4 is 11.9 Å². The lowest BCUT2D eigenvalue weighted by molar-refractivity contribution is -0.146. The molecule has 24 heavy (non-hydrogen) atoms. The summed E-state index contributed by atoms with van der Waals surface area (Å²) in [6.45, 7) is 3.26. The second kappa shape index (κ2) is 8.26. The first-order valence-corrected chi connectivity index (χ1v) is 7.81. The fourth-order valence-corrected chi connectivity index (χ4v) is 2.50. The summed E-state index contributed by atoms with van der Waals surface area (Å²) in [4.78, 5) is 24.4. The third kappa shape index (κ3) is 4.00. The Kier molecular flexibility index (Phi) is 6.09. The number of hydrogen-bond donors (Lipinski definition) is 2. The maximum absolute atomic E-state index is 12.6. The molecule has 0 aromatic heterocycles. The summed E-state index contributed by atoms with van der Waals surface area (Å²) >= 11 is 0. The number of hydrogen-bond acceptors (Lipinski definition) is 4. The van der Waals surface area contributed by atoms with Crippen molar-refractivity contribution in [3.05, 3.63) is 59.7 Å². The molecule has 1 amide bonds. The number of nitrogens with one attached hydrogen (secondary N) is 1. The summed E-state index contributed by atoms with van der Waals surface area (Å²) < 4.78 is 4.86. The Morgan fingerprint density at radius 2 is 1.83 bits per heavy atom. The molecule has 2 aromatic rings. The van der Waals surface area contributed by atoms with Crippen LogP contribution in [0.4, 0.5) is 0 Å². The van der Waals surface area contributed by atoms with Crippen molar-refractivity contribution in [2.45, 2.75) is 19.9 Å². The van der Waals surface area contributed by atoms with Crippen molar-refractivity contribution in [1.29, 1.82) is 0 Å². The normalized spacial score (nSPS) is 11.6. The summed E-state index contributed by atoms with van der Waals surface area (Å²) in [7, 11) is 0. The number of carbonyl (C=O) groups excluding carboxylic acids is 2. The Balaban J connectivity index is 2.33. The van der Waals surface area contributed by atoms with E-state index in [0.717, 1.165) is 16.7 Å². The van der Waals surface area contributed by atoms with Gasteiger partial charge >= 0.3 is 5.97 Å². The van der Waals surface area contributed by atoms with Gasteiger partial charge in [0.15, 0.2) is 6.04 Å². The minimum absolute atomic E-state index is 0.185. The molecule has 0 spiro atoms. The van der Waals surface area contributed by atoms with E-state index in [4.69, 9.17) is 4.74 Å². The molecule has 0 saturated heterocycles. The Bertz CT molecular complexity index is 713. The van der Waals surface area contributed by atoms with E-state index in [0.29, 0.717) is 5.56 Å². The number of esters is 1. The average molecular weight is 327 g/mol. The predicted octanol–water partition coefficient (Wildman–Crippen LogP) is 2.32. The molecule has 5 nitrogen and oxygen atoms in total. The maximum Gasteiger partial charge on any atom is 0.331 e. The molecule has 0 fully saturated rings. The van der Waals surface area contributed by atoms with Gasteiger partial charge < -0.3 is 15.2 Å². The van der Waals surface area contributed by atoms with Crippen LogP contribution in [0.15, 0.2) is 48.5 Å². The first-order chi connectivity index (χ1) is 11.6. The smallest absolute Gasteiger partial charge is 0.331 e. The Morgan fingerprint density at radius 3 is 2.46 bits per heavy atom. The fourth-order valence-electron chi connectivity index (χ4n) is 2.50. The first kappa shape index (κ1) is 17.7. The molecule has 0 bridgehead atoms. The SMILES string of the molecule is CCOC(=O)[C@H](CO)NC(=O)c1cccc(C)c1-c1ccccc1. The first-order valence-electron chi connectivity index (χ1n) is 7.81. The lowest BCUT2D eigenvalue weighted by atomic mass is 9.94. The number of aryl methyl sites for hydroxylation is 1. The molecule has 0 saturated carbocycles. The average Bonchev–Trinajstić information content (AvgIpc) is 2.60. The van der Waals surface area contributed by atoms with E-state index < -0.39 is 24.5 Å². The van der Waals surface area contributed by atoms with E-state index in [1.807, 2.05) is 43.3 Å². The zero-order valence-corrected chi connectivity index (χ0v) is 13.8. The Labute approximate surface area is 141 Å². The molecule has 0 aliphatic heterocycles. The van der Waals surface area contributed by atoms with Crippen LogP contribution in [0.3, 0.4) is 0 Å². The molecule has 2 rings (SSSR count). The standard InChI is InChI=1S/C19H21NO4/c1-3-24-19(23)16(12-21)20-18(22)15-11-7-8-13(2)17(15)14-9-5-4-6-10-14/h4-11,16,21H,3,12H2,1-2H3,(H,20,22)/t16-/m0/s1. The molecule has 0 aliphatic rings. The number of aliphatic hydroxyl groups excluding tert-OH is 1. The van der Waals surface area contributed by atoms with Crippen LogP contribution in [0.1, 0.15) is 22.8 Å². The summed E-state index contributed by atoms with van der Waals surface area (Å²) in [5.41, 5.74) is 3.11. The highest BCUT2D eigenvalue weighted by molar-refractivity contribution is 6.03. The molecule has 0 aliphatic carbocycles. The van der Waals surface area contributed by atoms with Gasteiger partial charge in [0.1, 0.15) is 0 Å². The van der Waals surface area contributed by atoms with Crippen LogP contribution in [0.5, 0.6) is 0 Å². The molecule has 0 heterocycles. The van der Waals surface area contributed by atoms with Gasteiger partial charge in [0.05, 0.1) is 13.2 Å². The van der Waals surface area contributed by atoms with Gasteiger partial charge in [-0.05, 0) is 36.6 Å². The lowest BCUT2D eigenvalue weighted by Crippen LogP contribution is -2.44. The Hall–Kier alpha value is -2.66. The maximum atomic E-state index is 12.6. The highest BCUT2D eigenvalue weighted by Gasteiger charge is 2.23. The summed E-state index contributed by atoms with van der Waals surface area (Å²) in [6, 6.07) is 13.9. The monoisotopic (exact) mass is 327 g/mol. The number of carbonyl (C=O) groups is 2. The van der Waals surface area contributed by atoms with E-state index in [9.17, 15) is 14.7 Å². The van der Waals surface area contributed by atoms with Crippen LogP contribution in [0, 0.1) is 6.92 Å². The van der Waals surface area contributed by atoms with Gasteiger partial charge in [0.2, 0.25) is 0 Å². The number of amides is 1. The predicted molar refractivity (Wildman–Crippen MR) is 91.6 cm³/mol. The molecular formula is C19H21NO4. The van der Waals surface area contributed by atoms with E-state index in [-0.39, 0.29) is 6.61 Å². The highest BCUT2D eigenvalue weighted by atomic mass is 16.5. The number of benzene rings is 2. The van der Waals surface area contributed by atoms with E-state index in [1.165, 1.54) is 0 Å². The minimum Gasteiger partial charge on any atom is -0.464 e. The fraction of sp³-hybridized carbons (Fsp3) is 0.263. The van der Waals surface area contributed by atoms with Gasteiger partial charge in [-0.1, -0.05) is 42.5 Å². The van der Waals surface area contributed by atoms with Crippen molar-refractivity contribution < 1.29 is 19.4 Å². The number of rotatable bonds is 6. The largest absolute Gasteiger partial charge is 0.464 e. The molecule has 2 aromatic carbocycles. The second-order valence-corrected chi connectivity index (χ2v) is 5.32. The van der Waals surface area contributed by atoms with Gasteiger partial charge in [0, 0.05) is 5.56 Å². The van der Waals surface area contributed by atoms with Gasteiger partial charge in [0.25, 0.3) is 5.91 Å². The van der Waals surface area contributed by atoms with Crippen LogP contribution in [0.25, 0.3) is 11.1 Å². The molecule has 0 unspecified atom stereocenters. The third-order valence-electron chi connectivity index (χ3n) is 3.64. The highest BCUT2D eigenvalue weighted by Crippen LogP contribution is 2.27. The van der Waals surface area contributed by atoms with Crippen LogP contribution >= 0.6 is 0 Å². The second-order valence-electron chi connectivity index (χ2n) is 5.32. The molecule has 0 radical (unpaired) electrons. The van der Waals surface area contributed by atoms with Gasteiger partial charge in [-0.2, -0.15) is 0 Å². The van der Waals surface area contributed by atoms with Crippen molar-refractivity contribution in [2.24, 2.45) is 0 Å². The number of aliphatic hydroxyl groups is 1. The molecule has 5 heteroatoms. The summed E-state index contributed by atoms with van der Waals surface area (Å²) in [5.74, 6) is -1.08. The van der Waals surface area contributed by atoms with Crippen LogP contribution < -0.4 is 5.32 Å². The zero-order valence-electron chi connectivity index (χ0n) is 13.8.